The normalized spacial score (nSPS) is 14.2. The van der Waals surface area contributed by atoms with Crippen molar-refractivity contribution in [3.63, 3.8) is 0 Å². The number of anilines is 2. The van der Waals surface area contributed by atoms with Gasteiger partial charge in [0.2, 0.25) is 5.91 Å². The van der Waals surface area contributed by atoms with E-state index < -0.39 is 0 Å². The molecule has 0 unspecified atom stereocenters. The summed E-state index contributed by atoms with van der Waals surface area (Å²) >= 11 is 1.34. The molecule has 0 spiro atoms. The maximum absolute atomic E-state index is 12.4. The summed E-state index contributed by atoms with van der Waals surface area (Å²) in [5, 5.41) is 8.21. The van der Waals surface area contributed by atoms with E-state index in [2.05, 4.69) is 25.3 Å². The van der Waals surface area contributed by atoms with Crippen molar-refractivity contribution in [2.75, 3.05) is 29.1 Å². The van der Waals surface area contributed by atoms with Crippen LogP contribution in [0.3, 0.4) is 0 Å². The summed E-state index contributed by atoms with van der Waals surface area (Å²) in [7, 11) is 1.90. The standard InChI is InChI=1S/C16H22N6OS/c1-11-6-7-17-16(18-11)24-10-13(23)19-14-12(2)21(3)20-15(14)22-8-4-5-9-22/h6-7H,4-5,8-10H2,1-3H3,(H,19,23). The number of carbonyl (C=O) groups excluding carboxylic acids is 1. The fourth-order valence-corrected chi connectivity index (χ4v) is 3.36. The summed E-state index contributed by atoms with van der Waals surface area (Å²) in [5.41, 5.74) is 2.67. The van der Waals surface area contributed by atoms with Gasteiger partial charge in [-0.05, 0) is 32.8 Å². The van der Waals surface area contributed by atoms with Crippen LogP contribution < -0.4 is 10.2 Å². The number of amides is 1. The van der Waals surface area contributed by atoms with Gasteiger partial charge in [0, 0.05) is 32.0 Å². The molecular formula is C16H22N6OS. The second-order valence-corrected chi connectivity index (χ2v) is 6.86. The Labute approximate surface area is 145 Å². The van der Waals surface area contributed by atoms with Crippen molar-refractivity contribution in [3.8, 4) is 0 Å². The molecule has 0 bridgehead atoms. The maximum Gasteiger partial charge on any atom is 0.235 e. The first-order valence-corrected chi connectivity index (χ1v) is 9.04. The Kier molecular flexibility index (Phi) is 5.03. The average Bonchev–Trinajstić information content (AvgIpc) is 3.17. The van der Waals surface area contributed by atoms with E-state index >= 15 is 0 Å². The zero-order valence-corrected chi connectivity index (χ0v) is 15.1. The van der Waals surface area contributed by atoms with E-state index in [1.165, 1.54) is 24.6 Å². The number of carbonyl (C=O) groups is 1. The first-order chi connectivity index (χ1) is 11.5. The van der Waals surface area contributed by atoms with Gasteiger partial charge >= 0.3 is 0 Å². The molecule has 0 radical (unpaired) electrons. The van der Waals surface area contributed by atoms with Gasteiger partial charge in [-0.1, -0.05) is 11.8 Å². The van der Waals surface area contributed by atoms with E-state index in [0.717, 1.165) is 36.0 Å². The number of aryl methyl sites for hydroxylation is 2. The van der Waals surface area contributed by atoms with Crippen LogP contribution in [0.1, 0.15) is 24.2 Å². The van der Waals surface area contributed by atoms with E-state index in [1.807, 2.05) is 31.6 Å². The number of aromatic nitrogens is 4. The first-order valence-electron chi connectivity index (χ1n) is 8.05. The topological polar surface area (TPSA) is 75.9 Å². The molecule has 2 aromatic rings. The molecule has 1 aliphatic rings. The number of rotatable bonds is 5. The van der Waals surface area contributed by atoms with Crippen LogP contribution >= 0.6 is 11.8 Å². The van der Waals surface area contributed by atoms with Crippen LogP contribution in [0.25, 0.3) is 0 Å². The second-order valence-electron chi connectivity index (χ2n) is 5.92. The van der Waals surface area contributed by atoms with Crippen molar-refractivity contribution < 1.29 is 4.79 Å². The van der Waals surface area contributed by atoms with Gasteiger partial charge in [0.1, 0.15) is 5.69 Å². The van der Waals surface area contributed by atoms with E-state index in [4.69, 9.17) is 0 Å². The average molecular weight is 346 g/mol. The summed E-state index contributed by atoms with van der Waals surface area (Å²) in [5.74, 6) is 1.08. The van der Waals surface area contributed by atoms with E-state index in [-0.39, 0.29) is 11.7 Å². The number of nitrogens with one attached hydrogen (secondary N) is 1. The summed E-state index contributed by atoms with van der Waals surface area (Å²) in [4.78, 5) is 23.1. The minimum atomic E-state index is -0.0679. The van der Waals surface area contributed by atoms with Gasteiger partial charge in [0.25, 0.3) is 0 Å². The van der Waals surface area contributed by atoms with Crippen molar-refractivity contribution in [1.82, 2.24) is 19.7 Å². The fraction of sp³-hybridized carbons (Fsp3) is 0.500. The molecule has 1 N–H and O–H groups in total. The van der Waals surface area contributed by atoms with E-state index in [9.17, 15) is 4.79 Å². The largest absolute Gasteiger partial charge is 0.353 e. The van der Waals surface area contributed by atoms with Crippen molar-refractivity contribution >= 4 is 29.2 Å². The molecule has 1 fully saturated rings. The number of thioether (sulfide) groups is 1. The Morgan fingerprint density at radius 2 is 2.08 bits per heavy atom. The van der Waals surface area contributed by atoms with Crippen LogP contribution in [-0.4, -0.2) is 44.5 Å². The lowest BCUT2D eigenvalue weighted by atomic mass is 10.3. The quantitative estimate of drug-likeness (QED) is 0.660. The van der Waals surface area contributed by atoms with Crippen LogP contribution in [0.15, 0.2) is 17.4 Å². The molecule has 3 rings (SSSR count). The molecule has 128 valence electrons. The Morgan fingerprint density at radius 3 is 2.79 bits per heavy atom. The molecule has 1 aliphatic heterocycles. The number of hydrogen-bond acceptors (Lipinski definition) is 6. The molecule has 3 heterocycles. The lowest BCUT2D eigenvalue weighted by Gasteiger charge is -2.16. The first kappa shape index (κ1) is 16.8. The summed E-state index contributed by atoms with van der Waals surface area (Å²) in [6.07, 6.45) is 4.05. The lowest BCUT2D eigenvalue weighted by Crippen LogP contribution is -2.22. The Morgan fingerprint density at radius 1 is 1.33 bits per heavy atom. The van der Waals surface area contributed by atoms with Crippen molar-refractivity contribution in [2.24, 2.45) is 7.05 Å². The molecule has 24 heavy (non-hydrogen) atoms. The molecule has 7 nitrogen and oxygen atoms in total. The third kappa shape index (κ3) is 3.69. The molecule has 2 aromatic heterocycles. The van der Waals surface area contributed by atoms with Crippen molar-refractivity contribution in [1.29, 1.82) is 0 Å². The molecule has 0 aromatic carbocycles. The highest BCUT2D eigenvalue weighted by Gasteiger charge is 2.23. The zero-order chi connectivity index (χ0) is 17.1. The number of nitrogens with zero attached hydrogens (tertiary/aromatic N) is 5. The fourth-order valence-electron chi connectivity index (χ4n) is 2.69. The second kappa shape index (κ2) is 7.21. The Bertz CT molecular complexity index is 738. The minimum absolute atomic E-state index is 0.0679. The lowest BCUT2D eigenvalue weighted by molar-refractivity contribution is -0.113. The molecule has 1 saturated heterocycles. The zero-order valence-electron chi connectivity index (χ0n) is 14.2. The van der Waals surface area contributed by atoms with E-state index in [0.29, 0.717) is 5.16 Å². The van der Waals surface area contributed by atoms with Crippen LogP contribution in [0.2, 0.25) is 0 Å². The Hall–Kier alpha value is -2.09. The number of hydrogen-bond donors (Lipinski definition) is 1. The molecule has 1 amide bonds. The highest BCUT2D eigenvalue weighted by molar-refractivity contribution is 7.99. The van der Waals surface area contributed by atoms with Gasteiger partial charge in [-0.15, -0.1) is 0 Å². The molecule has 0 atom stereocenters. The third-order valence-electron chi connectivity index (χ3n) is 4.09. The molecule has 0 saturated carbocycles. The molecular weight excluding hydrogens is 324 g/mol. The highest BCUT2D eigenvalue weighted by Crippen LogP contribution is 2.30. The van der Waals surface area contributed by atoms with Gasteiger partial charge in [0.15, 0.2) is 11.0 Å². The van der Waals surface area contributed by atoms with Crippen LogP contribution in [-0.2, 0) is 11.8 Å². The third-order valence-corrected chi connectivity index (χ3v) is 4.95. The maximum atomic E-state index is 12.4. The van der Waals surface area contributed by atoms with Crippen LogP contribution in [0.5, 0.6) is 0 Å². The molecule has 0 aliphatic carbocycles. The Balaban J connectivity index is 1.67. The van der Waals surface area contributed by atoms with Crippen molar-refractivity contribution in [2.45, 2.75) is 31.8 Å². The van der Waals surface area contributed by atoms with Crippen LogP contribution in [0, 0.1) is 13.8 Å². The predicted octanol–water partition coefficient (Wildman–Crippen LogP) is 2.16. The van der Waals surface area contributed by atoms with Crippen LogP contribution in [0.4, 0.5) is 11.5 Å². The predicted molar refractivity (Wildman–Crippen MR) is 95.5 cm³/mol. The summed E-state index contributed by atoms with van der Waals surface area (Å²) in [6.45, 7) is 5.86. The minimum Gasteiger partial charge on any atom is -0.353 e. The van der Waals surface area contributed by atoms with Gasteiger partial charge in [-0.25, -0.2) is 9.97 Å². The highest BCUT2D eigenvalue weighted by atomic mass is 32.2. The SMILES string of the molecule is Cc1ccnc(SCC(=O)Nc2c(N3CCCC3)nn(C)c2C)n1. The van der Waals surface area contributed by atoms with E-state index in [1.54, 1.807) is 6.20 Å². The van der Waals surface area contributed by atoms with Gasteiger partial charge in [-0.3, -0.25) is 9.48 Å². The summed E-state index contributed by atoms with van der Waals surface area (Å²) in [6, 6.07) is 1.84. The van der Waals surface area contributed by atoms with Gasteiger partial charge in [0.05, 0.1) is 11.4 Å². The van der Waals surface area contributed by atoms with Gasteiger partial charge < -0.3 is 10.2 Å². The summed E-state index contributed by atoms with van der Waals surface area (Å²) < 4.78 is 1.82. The van der Waals surface area contributed by atoms with Gasteiger partial charge in [-0.2, -0.15) is 5.10 Å². The smallest absolute Gasteiger partial charge is 0.235 e. The molecule has 8 heteroatoms. The monoisotopic (exact) mass is 346 g/mol. The van der Waals surface area contributed by atoms with Crippen molar-refractivity contribution in [3.05, 3.63) is 23.7 Å².